The second-order valence-corrected chi connectivity index (χ2v) is 6.78. The van der Waals surface area contributed by atoms with Crippen LogP contribution in [0.5, 0.6) is 5.75 Å². The molecule has 25 heavy (non-hydrogen) atoms. The molecule has 2 rings (SSSR count). The molecular formula is C22H26O2S. The number of ether oxygens (including phenoxy) is 1. The van der Waals surface area contributed by atoms with Crippen molar-refractivity contribution >= 4 is 23.6 Å². The molecule has 0 unspecified atom stereocenters. The highest BCUT2D eigenvalue weighted by Gasteiger charge is 2.02. The number of benzene rings is 2. The third-order valence-corrected chi connectivity index (χ3v) is 4.69. The minimum absolute atomic E-state index is 0.00318. The van der Waals surface area contributed by atoms with Crippen LogP contribution in [0.25, 0.3) is 6.08 Å². The summed E-state index contributed by atoms with van der Waals surface area (Å²) in [5.74, 6) is 0.827. The van der Waals surface area contributed by atoms with E-state index in [2.05, 4.69) is 19.1 Å². The van der Waals surface area contributed by atoms with Gasteiger partial charge in [-0.1, -0.05) is 44.4 Å². The second-order valence-electron chi connectivity index (χ2n) is 5.90. The summed E-state index contributed by atoms with van der Waals surface area (Å²) in [5.41, 5.74) is 1.70. The molecule has 0 atom stereocenters. The SMILES string of the molecule is CCCCCCOc1ccc(C(=O)/C=C/c2ccc(SC)cc2)cc1. The first kappa shape index (κ1) is 19.3. The zero-order valence-electron chi connectivity index (χ0n) is 15.0. The molecular weight excluding hydrogens is 328 g/mol. The van der Waals surface area contributed by atoms with Gasteiger partial charge in [0.15, 0.2) is 5.78 Å². The van der Waals surface area contributed by atoms with Gasteiger partial charge in [0.2, 0.25) is 0 Å². The van der Waals surface area contributed by atoms with E-state index in [4.69, 9.17) is 4.74 Å². The van der Waals surface area contributed by atoms with Gasteiger partial charge in [0.1, 0.15) is 5.75 Å². The molecule has 0 bridgehead atoms. The van der Waals surface area contributed by atoms with E-state index in [1.165, 1.54) is 24.2 Å². The van der Waals surface area contributed by atoms with Gasteiger partial charge in [-0.25, -0.2) is 0 Å². The summed E-state index contributed by atoms with van der Waals surface area (Å²) in [5, 5.41) is 0. The maximum Gasteiger partial charge on any atom is 0.185 e. The summed E-state index contributed by atoms with van der Waals surface area (Å²) in [6, 6.07) is 15.5. The zero-order chi connectivity index (χ0) is 17.9. The first-order valence-electron chi connectivity index (χ1n) is 8.82. The maximum atomic E-state index is 12.3. The summed E-state index contributed by atoms with van der Waals surface area (Å²) >= 11 is 1.71. The first-order valence-corrected chi connectivity index (χ1v) is 10.0. The normalized spacial score (nSPS) is 11.0. The number of unbranched alkanes of at least 4 members (excludes halogenated alkanes) is 3. The summed E-state index contributed by atoms with van der Waals surface area (Å²) in [7, 11) is 0. The monoisotopic (exact) mass is 354 g/mol. The molecule has 0 radical (unpaired) electrons. The number of hydrogen-bond acceptors (Lipinski definition) is 3. The lowest BCUT2D eigenvalue weighted by molar-refractivity contribution is 0.104. The van der Waals surface area contributed by atoms with Crippen molar-refractivity contribution in [1.82, 2.24) is 0 Å². The number of allylic oxidation sites excluding steroid dienone is 1. The highest BCUT2D eigenvalue weighted by molar-refractivity contribution is 7.98. The van der Waals surface area contributed by atoms with Gasteiger partial charge >= 0.3 is 0 Å². The number of rotatable bonds is 10. The van der Waals surface area contributed by atoms with Crippen LogP contribution in [0, 0.1) is 0 Å². The Kier molecular flexibility index (Phi) is 8.33. The van der Waals surface area contributed by atoms with Crippen LogP contribution in [0.2, 0.25) is 0 Å². The summed E-state index contributed by atoms with van der Waals surface area (Å²) in [6.07, 6.45) is 10.3. The van der Waals surface area contributed by atoms with E-state index in [1.807, 2.05) is 48.7 Å². The van der Waals surface area contributed by atoms with Gasteiger partial charge in [-0.05, 0) is 60.7 Å². The fourth-order valence-electron chi connectivity index (χ4n) is 2.42. The van der Waals surface area contributed by atoms with E-state index in [-0.39, 0.29) is 5.78 Å². The van der Waals surface area contributed by atoms with Gasteiger partial charge in [0.25, 0.3) is 0 Å². The molecule has 132 valence electrons. The van der Waals surface area contributed by atoms with Crippen LogP contribution in [-0.4, -0.2) is 18.6 Å². The third-order valence-electron chi connectivity index (χ3n) is 3.95. The Morgan fingerprint density at radius 1 is 1.00 bits per heavy atom. The van der Waals surface area contributed by atoms with Crippen molar-refractivity contribution in [3.8, 4) is 5.75 Å². The van der Waals surface area contributed by atoms with Gasteiger partial charge in [0.05, 0.1) is 6.61 Å². The molecule has 0 aromatic heterocycles. The Balaban J connectivity index is 1.85. The molecule has 0 aliphatic rings. The van der Waals surface area contributed by atoms with Crippen LogP contribution in [0.1, 0.15) is 48.5 Å². The standard InChI is InChI=1S/C22H26O2S/c1-3-4-5-6-17-24-20-12-10-19(11-13-20)22(23)16-9-18-7-14-21(25-2)15-8-18/h7-16H,3-6,17H2,1-2H3/b16-9+. The first-order chi connectivity index (χ1) is 12.2. The lowest BCUT2D eigenvalue weighted by Gasteiger charge is -2.06. The van der Waals surface area contributed by atoms with Gasteiger partial charge < -0.3 is 4.74 Å². The Morgan fingerprint density at radius 2 is 1.72 bits per heavy atom. The van der Waals surface area contributed by atoms with Crippen molar-refractivity contribution in [2.24, 2.45) is 0 Å². The highest BCUT2D eigenvalue weighted by atomic mass is 32.2. The maximum absolute atomic E-state index is 12.3. The Morgan fingerprint density at radius 3 is 2.36 bits per heavy atom. The summed E-state index contributed by atoms with van der Waals surface area (Å²) in [6.45, 7) is 2.93. The molecule has 2 nitrogen and oxygen atoms in total. The van der Waals surface area contributed by atoms with E-state index in [1.54, 1.807) is 17.8 Å². The molecule has 0 saturated heterocycles. The summed E-state index contributed by atoms with van der Waals surface area (Å²) < 4.78 is 5.71. The van der Waals surface area contributed by atoms with Crippen molar-refractivity contribution in [3.63, 3.8) is 0 Å². The predicted octanol–water partition coefficient (Wildman–Crippen LogP) is 6.26. The molecule has 0 spiro atoms. The molecule has 0 fully saturated rings. The Bertz CT molecular complexity index is 672. The predicted molar refractivity (Wildman–Crippen MR) is 108 cm³/mol. The van der Waals surface area contributed by atoms with Crippen LogP contribution in [0.15, 0.2) is 59.5 Å². The van der Waals surface area contributed by atoms with Crippen LogP contribution in [0.3, 0.4) is 0 Å². The average molecular weight is 355 g/mol. The number of ketones is 1. The van der Waals surface area contributed by atoms with Gasteiger partial charge in [-0.3, -0.25) is 4.79 Å². The van der Waals surface area contributed by atoms with Crippen molar-refractivity contribution in [1.29, 1.82) is 0 Å². The van der Waals surface area contributed by atoms with E-state index in [0.717, 1.165) is 24.3 Å². The van der Waals surface area contributed by atoms with Crippen molar-refractivity contribution < 1.29 is 9.53 Å². The van der Waals surface area contributed by atoms with Crippen molar-refractivity contribution in [3.05, 3.63) is 65.7 Å². The minimum atomic E-state index is 0.00318. The molecule has 0 amide bonds. The largest absolute Gasteiger partial charge is 0.494 e. The van der Waals surface area contributed by atoms with Gasteiger partial charge in [-0.15, -0.1) is 11.8 Å². The molecule has 0 heterocycles. The molecule has 0 N–H and O–H groups in total. The van der Waals surface area contributed by atoms with E-state index >= 15 is 0 Å². The fourth-order valence-corrected chi connectivity index (χ4v) is 2.83. The van der Waals surface area contributed by atoms with E-state index < -0.39 is 0 Å². The number of carbonyl (C=O) groups excluding carboxylic acids is 1. The molecule has 0 saturated carbocycles. The van der Waals surface area contributed by atoms with Gasteiger partial charge in [-0.2, -0.15) is 0 Å². The third kappa shape index (κ3) is 6.79. The Labute approximate surface area is 155 Å². The van der Waals surface area contributed by atoms with E-state index in [0.29, 0.717) is 5.56 Å². The minimum Gasteiger partial charge on any atom is -0.494 e. The summed E-state index contributed by atoms with van der Waals surface area (Å²) in [4.78, 5) is 13.5. The van der Waals surface area contributed by atoms with Crippen LogP contribution >= 0.6 is 11.8 Å². The van der Waals surface area contributed by atoms with E-state index in [9.17, 15) is 4.79 Å². The Hall–Kier alpha value is -2.00. The molecule has 0 aliphatic carbocycles. The van der Waals surface area contributed by atoms with Crippen LogP contribution in [0.4, 0.5) is 0 Å². The van der Waals surface area contributed by atoms with Crippen LogP contribution in [-0.2, 0) is 0 Å². The highest BCUT2D eigenvalue weighted by Crippen LogP contribution is 2.17. The fraction of sp³-hybridized carbons (Fsp3) is 0.318. The number of thioether (sulfide) groups is 1. The van der Waals surface area contributed by atoms with Crippen molar-refractivity contribution in [2.75, 3.05) is 12.9 Å². The topological polar surface area (TPSA) is 26.3 Å². The quantitative estimate of drug-likeness (QED) is 0.218. The molecule has 3 heteroatoms. The lowest BCUT2D eigenvalue weighted by Crippen LogP contribution is -1.98. The zero-order valence-corrected chi connectivity index (χ0v) is 15.9. The van der Waals surface area contributed by atoms with Crippen molar-refractivity contribution in [2.45, 2.75) is 37.5 Å². The molecule has 0 aliphatic heterocycles. The number of carbonyl (C=O) groups is 1. The lowest BCUT2D eigenvalue weighted by atomic mass is 10.1. The molecule has 2 aromatic carbocycles. The second kappa shape index (κ2) is 10.8. The average Bonchev–Trinajstić information content (AvgIpc) is 2.67. The number of hydrogen-bond donors (Lipinski definition) is 0. The molecule has 2 aromatic rings. The van der Waals surface area contributed by atoms with Gasteiger partial charge in [0, 0.05) is 10.5 Å². The van der Waals surface area contributed by atoms with Crippen LogP contribution < -0.4 is 4.74 Å². The smallest absolute Gasteiger partial charge is 0.185 e.